The molecule has 0 amide bonds. The Morgan fingerprint density at radius 2 is 1.53 bits per heavy atom. The highest BCUT2D eigenvalue weighted by Gasteiger charge is 2.47. The Balaban J connectivity index is 2.03. The van der Waals surface area contributed by atoms with E-state index in [0.29, 0.717) is 0 Å². The van der Waals surface area contributed by atoms with Gasteiger partial charge in [0.05, 0.1) is 31.4 Å². The van der Waals surface area contributed by atoms with Crippen molar-refractivity contribution in [3.05, 3.63) is 0 Å². The van der Waals surface area contributed by atoms with Gasteiger partial charge in [-0.3, -0.25) is 4.52 Å². The van der Waals surface area contributed by atoms with E-state index in [1.165, 1.54) is 7.11 Å². The fourth-order valence-electron chi connectivity index (χ4n) is 3.40. The molecule has 178 valence electrons. The van der Waals surface area contributed by atoms with Crippen LogP contribution in [-0.4, -0.2) is 91.6 Å². The van der Waals surface area contributed by atoms with E-state index in [2.05, 4.69) is 10.4 Å². The molecule has 5 unspecified atom stereocenters. The van der Waals surface area contributed by atoms with Gasteiger partial charge in [0.25, 0.3) is 0 Å². The number of rotatable bonds is 11. The van der Waals surface area contributed by atoms with Crippen molar-refractivity contribution in [3.8, 4) is 0 Å². The quantitative estimate of drug-likeness (QED) is 0.200. The van der Waals surface area contributed by atoms with E-state index >= 15 is 0 Å². The summed E-state index contributed by atoms with van der Waals surface area (Å²) in [4.78, 5) is 0. The normalized spacial score (nSPS) is 39.2. The number of nitrogens with two attached hydrogens (primary N) is 2. The number of aliphatic hydroxyl groups excluding tert-OH is 2. The second-order valence-electron chi connectivity index (χ2n) is 8.12. The molecule has 9 atom stereocenters. The summed E-state index contributed by atoms with van der Waals surface area (Å²) in [6, 6.07) is -1.29. The number of ether oxygens (including phenoxy) is 3. The zero-order chi connectivity index (χ0) is 22.6. The van der Waals surface area contributed by atoms with E-state index in [1.807, 2.05) is 27.7 Å². The number of hydrogen-bond donors (Lipinski definition) is 6. The van der Waals surface area contributed by atoms with Gasteiger partial charge < -0.3 is 45.7 Å². The summed E-state index contributed by atoms with van der Waals surface area (Å²) in [5, 5.41) is 26.5. The molecule has 0 aromatic heterocycles. The molecule has 0 aliphatic carbocycles. The average molecular weight is 456 g/mol. The molecule has 2 aliphatic rings. The Hall–Kier alpha value is -0.210. The molecular weight excluding hydrogens is 419 g/mol. The molecule has 2 aliphatic heterocycles. The molecule has 0 aromatic rings. The minimum Gasteiger partial charge on any atom is -0.387 e. The second-order valence-corrected chi connectivity index (χ2v) is 10.00. The topological polar surface area (TPSA) is 180 Å². The van der Waals surface area contributed by atoms with Gasteiger partial charge in [-0.1, -0.05) is 13.8 Å². The molecule has 0 bridgehead atoms. The molecule has 2 heterocycles. The smallest absolute Gasteiger partial charge is 0.387 e. The van der Waals surface area contributed by atoms with Crippen molar-refractivity contribution in [3.63, 3.8) is 0 Å². The third-order valence-electron chi connectivity index (χ3n) is 4.95. The zero-order valence-electron chi connectivity index (χ0n) is 18.1. The van der Waals surface area contributed by atoms with Crippen LogP contribution in [0.4, 0.5) is 0 Å². The first-order valence-corrected chi connectivity index (χ1v) is 11.7. The van der Waals surface area contributed by atoms with Crippen LogP contribution in [0.15, 0.2) is 0 Å². The largest absolute Gasteiger partial charge is 0.405 e. The van der Waals surface area contributed by atoms with Crippen molar-refractivity contribution < 1.29 is 38.0 Å². The Morgan fingerprint density at radius 1 is 1.00 bits per heavy atom. The highest BCUT2D eigenvalue weighted by Crippen LogP contribution is 2.45. The lowest BCUT2D eigenvalue weighted by Gasteiger charge is -2.28. The van der Waals surface area contributed by atoms with Gasteiger partial charge in [0, 0.05) is 13.2 Å². The van der Waals surface area contributed by atoms with Crippen LogP contribution >= 0.6 is 7.75 Å². The summed E-state index contributed by atoms with van der Waals surface area (Å²) in [5.41, 5.74) is 11.6. The Labute approximate surface area is 177 Å². The van der Waals surface area contributed by atoms with Gasteiger partial charge in [-0.2, -0.15) is 0 Å². The first kappa shape index (κ1) is 26.0. The van der Waals surface area contributed by atoms with Crippen LogP contribution < -0.4 is 21.9 Å². The van der Waals surface area contributed by atoms with Crippen LogP contribution in [-0.2, 0) is 27.8 Å². The van der Waals surface area contributed by atoms with E-state index in [0.717, 1.165) is 0 Å². The first-order valence-electron chi connectivity index (χ1n) is 10.1. The second kappa shape index (κ2) is 11.1. The van der Waals surface area contributed by atoms with Crippen molar-refractivity contribution >= 4 is 7.75 Å². The summed E-state index contributed by atoms with van der Waals surface area (Å²) in [6.45, 7) is 7.52. The molecule has 0 aromatic carbocycles. The van der Waals surface area contributed by atoms with Gasteiger partial charge in [0.2, 0.25) is 0 Å². The van der Waals surface area contributed by atoms with Crippen LogP contribution in [0.5, 0.6) is 0 Å². The minimum absolute atomic E-state index is 0.0578. The van der Waals surface area contributed by atoms with Crippen LogP contribution in [0.2, 0.25) is 0 Å². The maximum absolute atomic E-state index is 13.1. The predicted molar refractivity (Wildman–Crippen MR) is 108 cm³/mol. The van der Waals surface area contributed by atoms with Crippen molar-refractivity contribution in [2.45, 2.75) is 88.8 Å². The lowest BCUT2D eigenvalue weighted by Crippen LogP contribution is -2.50. The van der Waals surface area contributed by atoms with Crippen molar-refractivity contribution in [2.24, 2.45) is 11.5 Å². The molecule has 12 nitrogen and oxygen atoms in total. The van der Waals surface area contributed by atoms with E-state index < -0.39 is 56.7 Å². The SMILES string of the molecule is COP(=O)(NC1C(O)[C@H](N)O[C@@H]1COC(C)C)OC[C@H]1O[C@@H](N)C(O)C1NC(C)C. The number of aliphatic hydroxyl groups is 2. The fraction of sp³-hybridized carbons (Fsp3) is 1.00. The summed E-state index contributed by atoms with van der Waals surface area (Å²) in [6.07, 6.45) is -5.34. The molecule has 8 N–H and O–H groups in total. The van der Waals surface area contributed by atoms with Crippen LogP contribution in [0.3, 0.4) is 0 Å². The highest BCUT2D eigenvalue weighted by molar-refractivity contribution is 7.51. The Bertz CT molecular complexity index is 586. The molecule has 0 spiro atoms. The average Bonchev–Trinajstić information content (AvgIpc) is 3.09. The monoisotopic (exact) mass is 456 g/mol. The zero-order valence-corrected chi connectivity index (χ0v) is 19.0. The molecule has 13 heteroatoms. The van der Waals surface area contributed by atoms with E-state index in [-0.39, 0.29) is 25.4 Å². The van der Waals surface area contributed by atoms with E-state index in [1.54, 1.807) is 0 Å². The summed E-state index contributed by atoms with van der Waals surface area (Å²) >= 11 is 0. The minimum atomic E-state index is -3.88. The molecule has 0 saturated carbocycles. The fourth-order valence-corrected chi connectivity index (χ4v) is 4.72. The van der Waals surface area contributed by atoms with Crippen molar-refractivity contribution in [1.82, 2.24) is 10.4 Å². The maximum atomic E-state index is 13.1. The van der Waals surface area contributed by atoms with Crippen molar-refractivity contribution in [2.75, 3.05) is 20.3 Å². The van der Waals surface area contributed by atoms with Crippen LogP contribution in [0.25, 0.3) is 0 Å². The Morgan fingerprint density at radius 3 is 2.03 bits per heavy atom. The standard InChI is InChI=1S/C17H37N4O8P/c1-8(2)20-12-11(29-16(18)14(12)22)7-27-30(24,25-5)21-13-10(6-26-9(3)4)28-17(19)15(13)23/h8-17,20,22-23H,6-7,18-19H2,1-5H3,(H,21,24)/t10-,11-,12?,13?,14?,15?,16-,17-,30?/m1/s1. The molecule has 2 fully saturated rings. The van der Waals surface area contributed by atoms with Gasteiger partial charge in [0.15, 0.2) is 0 Å². The maximum Gasteiger partial charge on any atom is 0.405 e. The molecular formula is C17H37N4O8P. The lowest BCUT2D eigenvalue weighted by molar-refractivity contribution is -0.0410. The first-order chi connectivity index (χ1) is 14.0. The van der Waals surface area contributed by atoms with Gasteiger partial charge in [0.1, 0.15) is 36.9 Å². The number of hydrogen-bond acceptors (Lipinski definition) is 11. The van der Waals surface area contributed by atoms with Crippen LogP contribution in [0.1, 0.15) is 27.7 Å². The molecule has 2 saturated heterocycles. The van der Waals surface area contributed by atoms with Gasteiger partial charge >= 0.3 is 7.75 Å². The molecule has 30 heavy (non-hydrogen) atoms. The lowest BCUT2D eigenvalue weighted by atomic mass is 10.1. The number of nitrogens with one attached hydrogen (secondary N) is 2. The summed E-state index contributed by atoms with van der Waals surface area (Å²) in [7, 11) is -2.66. The van der Waals surface area contributed by atoms with Crippen LogP contribution in [0, 0.1) is 0 Å². The van der Waals surface area contributed by atoms with Gasteiger partial charge in [-0.15, -0.1) is 0 Å². The van der Waals surface area contributed by atoms with Gasteiger partial charge in [-0.05, 0) is 13.8 Å². The summed E-state index contributed by atoms with van der Waals surface area (Å²) < 4.78 is 40.4. The third kappa shape index (κ3) is 6.64. The predicted octanol–water partition coefficient (Wildman–Crippen LogP) is -1.40. The van der Waals surface area contributed by atoms with E-state index in [4.69, 9.17) is 34.7 Å². The highest BCUT2D eigenvalue weighted by atomic mass is 31.2. The van der Waals surface area contributed by atoms with Gasteiger partial charge in [-0.25, -0.2) is 9.65 Å². The van der Waals surface area contributed by atoms with Crippen molar-refractivity contribution in [1.29, 1.82) is 0 Å². The summed E-state index contributed by atoms with van der Waals surface area (Å²) in [5.74, 6) is 0. The molecule has 0 radical (unpaired) electrons. The molecule has 2 rings (SSSR count). The third-order valence-corrected chi connectivity index (χ3v) is 6.53. The van der Waals surface area contributed by atoms with E-state index in [9.17, 15) is 14.8 Å². The Kier molecular flexibility index (Phi) is 9.62.